The molecule has 0 aromatic rings. The lowest BCUT2D eigenvalue weighted by atomic mass is 9.96. The predicted molar refractivity (Wildman–Crippen MR) is 97.0 cm³/mol. The lowest BCUT2D eigenvalue weighted by molar-refractivity contribution is -0.373. The Balaban J connectivity index is 1.73. The molecule has 0 amide bonds. The summed E-state index contributed by atoms with van der Waals surface area (Å²) in [4.78, 5) is 0. The molecule has 15 atom stereocenters. The fraction of sp³-hybridized carbons (Fsp3) is 1.00. The number of aliphatic hydroxyl groups is 8. The predicted octanol–water partition coefficient (Wildman–Crippen LogP) is -4.49. The highest BCUT2D eigenvalue weighted by molar-refractivity contribution is 4.94. The standard InChI is InChI=1S/C18H32O13/c1-4-7(19)10(22)11(23)17(28-4)31-15-9(21)6(3)29-18(13(15)25)30-14-8(20)5(2)27-16(26)12(14)24/h4-26H,1-3H3/t4-,5-,6-,7+,8+,9+,10+,11-,12-,13-,14+,15+,16+,17-,18-/m1/s1. The van der Waals surface area contributed by atoms with Gasteiger partial charge in [-0.1, -0.05) is 0 Å². The molecule has 0 saturated carbocycles. The highest BCUT2D eigenvalue weighted by Crippen LogP contribution is 2.32. The van der Waals surface area contributed by atoms with Crippen LogP contribution in [0.5, 0.6) is 0 Å². The molecule has 0 radical (unpaired) electrons. The first-order valence-electron chi connectivity index (χ1n) is 10.2. The van der Waals surface area contributed by atoms with Crippen molar-refractivity contribution in [2.75, 3.05) is 0 Å². The Morgan fingerprint density at radius 3 is 1.42 bits per heavy atom. The van der Waals surface area contributed by atoms with Gasteiger partial charge in [0.1, 0.15) is 54.9 Å². The fourth-order valence-corrected chi connectivity index (χ4v) is 3.88. The molecule has 13 nitrogen and oxygen atoms in total. The minimum Gasteiger partial charge on any atom is -0.388 e. The van der Waals surface area contributed by atoms with Crippen molar-refractivity contribution in [1.29, 1.82) is 0 Å². The van der Waals surface area contributed by atoms with E-state index in [1.807, 2.05) is 0 Å². The fourth-order valence-electron chi connectivity index (χ4n) is 3.88. The normalized spacial score (nSPS) is 56.4. The Morgan fingerprint density at radius 2 is 0.871 bits per heavy atom. The second kappa shape index (κ2) is 9.77. The van der Waals surface area contributed by atoms with Gasteiger partial charge in [0.05, 0.1) is 18.3 Å². The first-order valence-corrected chi connectivity index (χ1v) is 10.2. The van der Waals surface area contributed by atoms with E-state index < -0.39 is 92.1 Å². The lowest BCUT2D eigenvalue weighted by Gasteiger charge is -2.47. The molecule has 3 fully saturated rings. The van der Waals surface area contributed by atoms with Crippen LogP contribution in [0, 0.1) is 0 Å². The number of rotatable bonds is 4. The van der Waals surface area contributed by atoms with Crippen LogP contribution in [0.1, 0.15) is 20.8 Å². The Hall–Kier alpha value is -0.520. The highest BCUT2D eigenvalue weighted by Gasteiger charge is 2.52. The molecular weight excluding hydrogens is 424 g/mol. The summed E-state index contributed by atoms with van der Waals surface area (Å²) < 4.78 is 26.9. The Labute approximate surface area is 178 Å². The zero-order chi connectivity index (χ0) is 23.2. The summed E-state index contributed by atoms with van der Waals surface area (Å²) in [5.74, 6) is 0. The van der Waals surface area contributed by atoms with Gasteiger partial charge in [0.15, 0.2) is 18.9 Å². The SMILES string of the molecule is C[C@H]1O[C@H](O[C@H]2[C@@H](O)[C@@H](C)O[C@H](O[C@H]3[C@@H](O)[C@@H](C)O[C@H](O)[C@@H]3O)[C@@H]2O)[C@H](O)[C@@H](O)[C@H]1O. The zero-order valence-electron chi connectivity index (χ0n) is 17.3. The summed E-state index contributed by atoms with van der Waals surface area (Å²) in [7, 11) is 0. The Morgan fingerprint density at radius 1 is 0.452 bits per heavy atom. The van der Waals surface area contributed by atoms with Crippen molar-refractivity contribution in [2.24, 2.45) is 0 Å². The summed E-state index contributed by atoms with van der Waals surface area (Å²) in [5, 5.41) is 81.2. The third-order valence-corrected chi connectivity index (χ3v) is 5.97. The largest absolute Gasteiger partial charge is 0.388 e. The van der Waals surface area contributed by atoms with Gasteiger partial charge in [0, 0.05) is 0 Å². The zero-order valence-corrected chi connectivity index (χ0v) is 17.3. The highest BCUT2D eigenvalue weighted by atomic mass is 16.7. The third-order valence-electron chi connectivity index (χ3n) is 5.97. The van der Waals surface area contributed by atoms with Gasteiger partial charge in [-0.15, -0.1) is 0 Å². The second-order valence-corrected chi connectivity index (χ2v) is 8.29. The van der Waals surface area contributed by atoms with E-state index in [1.165, 1.54) is 20.8 Å². The molecule has 0 bridgehead atoms. The molecule has 8 N–H and O–H groups in total. The molecule has 0 spiro atoms. The van der Waals surface area contributed by atoms with Gasteiger partial charge < -0.3 is 64.5 Å². The van der Waals surface area contributed by atoms with Crippen molar-refractivity contribution >= 4 is 0 Å². The quantitative estimate of drug-likeness (QED) is 0.201. The van der Waals surface area contributed by atoms with E-state index in [-0.39, 0.29) is 0 Å². The molecule has 0 aromatic carbocycles. The van der Waals surface area contributed by atoms with E-state index in [2.05, 4.69) is 0 Å². The van der Waals surface area contributed by atoms with Crippen LogP contribution < -0.4 is 0 Å². The Kier molecular flexibility index (Phi) is 7.91. The summed E-state index contributed by atoms with van der Waals surface area (Å²) in [5.41, 5.74) is 0. The van der Waals surface area contributed by atoms with Crippen LogP contribution in [0.15, 0.2) is 0 Å². The molecule has 3 rings (SSSR count). The van der Waals surface area contributed by atoms with Crippen molar-refractivity contribution in [3.8, 4) is 0 Å². The molecule has 31 heavy (non-hydrogen) atoms. The van der Waals surface area contributed by atoms with Gasteiger partial charge in [-0.3, -0.25) is 0 Å². The van der Waals surface area contributed by atoms with Gasteiger partial charge in [0.25, 0.3) is 0 Å². The number of aliphatic hydroxyl groups excluding tert-OH is 8. The summed E-state index contributed by atoms with van der Waals surface area (Å²) in [6, 6.07) is 0. The lowest BCUT2D eigenvalue weighted by Crippen LogP contribution is -2.65. The van der Waals surface area contributed by atoms with Crippen LogP contribution in [0.25, 0.3) is 0 Å². The second-order valence-electron chi connectivity index (χ2n) is 8.29. The van der Waals surface area contributed by atoms with Crippen LogP contribution in [0.3, 0.4) is 0 Å². The molecule has 3 aliphatic heterocycles. The average Bonchev–Trinajstić information content (AvgIpc) is 2.72. The number of hydrogen-bond donors (Lipinski definition) is 8. The molecule has 3 aliphatic rings. The van der Waals surface area contributed by atoms with E-state index in [9.17, 15) is 40.9 Å². The topological polar surface area (TPSA) is 208 Å². The maximum atomic E-state index is 10.7. The van der Waals surface area contributed by atoms with Gasteiger partial charge in [-0.25, -0.2) is 0 Å². The molecule has 0 aliphatic carbocycles. The minimum atomic E-state index is -1.68. The van der Waals surface area contributed by atoms with Crippen molar-refractivity contribution < 1.29 is 64.5 Å². The first kappa shape index (κ1) is 25.1. The monoisotopic (exact) mass is 456 g/mol. The maximum absolute atomic E-state index is 10.7. The van der Waals surface area contributed by atoms with Gasteiger partial charge in [-0.05, 0) is 20.8 Å². The molecular formula is C18H32O13. The summed E-state index contributed by atoms with van der Waals surface area (Å²) in [6.07, 6.45) is -20.9. The smallest absolute Gasteiger partial charge is 0.187 e. The van der Waals surface area contributed by atoms with Crippen LogP contribution in [0.2, 0.25) is 0 Å². The molecule has 182 valence electrons. The van der Waals surface area contributed by atoms with Crippen LogP contribution in [0.4, 0.5) is 0 Å². The van der Waals surface area contributed by atoms with E-state index >= 15 is 0 Å². The minimum absolute atomic E-state index is 0.889. The van der Waals surface area contributed by atoms with Crippen molar-refractivity contribution in [3.63, 3.8) is 0 Å². The number of hydrogen-bond acceptors (Lipinski definition) is 13. The first-order chi connectivity index (χ1) is 14.4. The molecule has 3 heterocycles. The van der Waals surface area contributed by atoms with Crippen molar-refractivity contribution in [3.05, 3.63) is 0 Å². The third kappa shape index (κ3) is 4.89. The van der Waals surface area contributed by atoms with Crippen LogP contribution in [-0.2, 0) is 23.7 Å². The van der Waals surface area contributed by atoms with Crippen molar-refractivity contribution in [1.82, 2.24) is 0 Å². The van der Waals surface area contributed by atoms with Gasteiger partial charge in [0.2, 0.25) is 0 Å². The average molecular weight is 456 g/mol. The molecule has 13 heteroatoms. The number of ether oxygens (including phenoxy) is 5. The van der Waals surface area contributed by atoms with Crippen molar-refractivity contribution in [2.45, 2.75) is 113 Å². The van der Waals surface area contributed by atoms with Gasteiger partial charge in [-0.2, -0.15) is 0 Å². The van der Waals surface area contributed by atoms with E-state index in [1.54, 1.807) is 0 Å². The Bertz CT molecular complexity index is 581. The molecule has 3 saturated heterocycles. The van der Waals surface area contributed by atoms with E-state index in [0.717, 1.165) is 0 Å². The van der Waals surface area contributed by atoms with Crippen LogP contribution in [-0.4, -0.2) is 133 Å². The van der Waals surface area contributed by atoms with E-state index in [0.29, 0.717) is 0 Å². The summed E-state index contributed by atoms with van der Waals surface area (Å²) in [6.45, 7) is 4.36. The van der Waals surface area contributed by atoms with Gasteiger partial charge >= 0.3 is 0 Å². The van der Waals surface area contributed by atoms with Crippen LogP contribution >= 0.6 is 0 Å². The summed E-state index contributed by atoms with van der Waals surface area (Å²) >= 11 is 0. The molecule has 0 aromatic heterocycles. The molecule has 0 unspecified atom stereocenters. The van der Waals surface area contributed by atoms with E-state index in [4.69, 9.17) is 23.7 Å². The maximum Gasteiger partial charge on any atom is 0.187 e.